The van der Waals surface area contributed by atoms with Crippen LogP contribution in [0.5, 0.6) is 0 Å². The quantitative estimate of drug-likeness (QED) is 0.550. The first-order valence-electron chi connectivity index (χ1n) is 9.00. The van der Waals surface area contributed by atoms with E-state index in [0.717, 1.165) is 11.1 Å². The second kappa shape index (κ2) is 10.7. The van der Waals surface area contributed by atoms with Gasteiger partial charge in [0.15, 0.2) is 0 Å². The molecule has 1 aromatic carbocycles. The van der Waals surface area contributed by atoms with Crippen molar-refractivity contribution in [1.82, 2.24) is 10.2 Å². The van der Waals surface area contributed by atoms with Gasteiger partial charge in [-0.25, -0.2) is 4.79 Å². The van der Waals surface area contributed by atoms with Gasteiger partial charge in [0.25, 0.3) is 0 Å². The Morgan fingerprint density at radius 3 is 2.79 bits per heavy atom. The average molecular weight is 389 g/mol. The van der Waals surface area contributed by atoms with Gasteiger partial charge in [0, 0.05) is 6.54 Å². The number of carbonyl (C=O) groups is 2. The van der Waals surface area contributed by atoms with Crippen molar-refractivity contribution in [2.75, 3.05) is 26.4 Å². The molecule has 2 atom stereocenters. The largest absolute Gasteiger partial charge is 0.475 e. The molecule has 0 saturated carbocycles. The van der Waals surface area contributed by atoms with Crippen LogP contribution >= 0.6 is 0 Å². The van der Waals surface area contributed by atoms with E-state index in [1.54, 1.807) is 0 Å². The van der Waals surface area contributed by atoms with Crippen LogP contribution in [0.1, 0.15) is 17.5 Å². The number of hydrogen-bond acceptors (Lipinski definition) is 7. The lowest BCUT2D eigenvalue weighted by atomic mass is 9.76. The Kier molecular flexibility index (Phi) is 8.26. The maximum atomic E-state index is 12.1. The van der Waals surface area contributed by atoms with E-state index in [2.05, 4.69) is 5.32 Å². The van der Waals surface area contributed by atoms with Crippen molar-refractivity contribution in [3.63, 3.8) is 0 Å². The first-order chi connectivity index (χ1) is 13.4. The van der Waals surface area contributed by atoms with Crippen molar-refractivity contribution in [2.24, 2.45) is 0 Å². The van der Waals surface area contributed by atoms with E-state index in [-0.39, 0.29) is 32.0 Å². The van der Waals surface area contributed by atoms with Crippen LogP contribution in [0.4, 0.5) is 4.79 Å². The fraction of sp³-hybridized carbons (Fsp3) is 0.500. The van der Waals surface area contributed by atoms with Crippen LogP contribution in [0.25, 0.3) is 0 Å². The van der Waals surface area contributed by atoms with Crippen molar-refractivity contribution in [1.29, 1.82) is 5.26 Å². The normalized spacial score (nSPS) is 17.4. The summed E-state index contributed by atoms with van der Waals surface area (Å²) < 4.78 is 10.5. The van der Waals surface area contributed by atoms with Crippen LogP contribution in [-0.2, 0) is 20.7 Å². The molecule has 0 radical (unpaired) electrons. The van der Waals surface area contributed by atoms with Gasteiger partial charge in [-0.05, 0) is 18.9 Å². The van der Waals surface area contributed by atoms with Gasteiger partial charge >= 0.3 is 13.2 Å². The van der Waals surface area contributed by atoms with Crippen molar-refractivity contribution >= 4 is 19.1 Å². The Labute approximate surface area is 164 Å². The molecule has 0 aromatic heterocycles. The molecule has 0 aliphatic carbocycles. The van der Waals surface area contributed by atoms with Gasteiger partial charge < -0.3 is 29.7 Å². The number of nitriles is 1. The SMILES string of the molecule is Cc1ccc(C[C@H](NC(=O)OC[C@H]2COCCN2C(=O)CC#N)B(O)O)cc1. The Morgan fingerprint density at radius 2 is 2.14 bits per heavy atom. The van der Waals surface area contributed by atoms with Crippen LogP contribution < -0.4 is 5.32 Å². The molecule has 0 bridgehead atoms. The lowest BCUT2D eigenvalue weighted by molar-refractivity contribution is -0.140. The third-order valence-electron chi connectivity index (χ3n) is 4.42. The summed E-state index contributed by atoms with van der Waals surface area (Å²) in [4.78, 5) is 25.5. The summed E-state index contributed by atoms with van der Waals surface area (Å²) in [5, 5.41) is 30.2. The molecule has 28 heavy (non-hydrogen) atoms. The van der Waals surface area contributed by atoms with Gasteiger partial charge in [-0.15, -0.1) is 0 Å². The molecule has 0 spiro atoms. The molecule has 1 saturated heterocycles. The van der Waals surface area contributed by atoms with Gasteiger partial charge in [0.05, 0.1) is 31.3 Å². The number of nitrogens with zero attached hydrogens (tertiary/aromatic N) is 2. The maximum Gasteiger partial charge on any atom is 0.475 e. The molecule has 150 valence electrons. The molecular weight excluding hydrogens is 365 g/mol. The van der Waals surface area contributed by atoms with Crippen LogP contribution in [0, 0.1) is 18.3 Å². The summed E-state index contributed by atoms with van der Waals surface area (Å²) in [6.07, 6.45) is -0.867. The first-order valence-corrected chi connectivity index (χ1v) is 9.00. The predicted octanol–water partition coefficient (Wildman–Crippen LogP) is -0.215. The number of nitrogens with one attached hydrogen (secondary N) is 1. The van der Waals surface area contributed by atoms with Gasteiger partial charge in [-0.3, -0.25) is 4.79 Å². The monoisotopic (exact) mass is 389 g/mol. The maximum absolute atomic E-state index is 12.1. The molecule has 1 aliphatic rings. The van der Waals surface area contributed by atoms with Gasteiger partial charge in [0.1, 0.15) is 13.0 Å². The number of carbonyl (C=O) groups excluding carboxylic acids is 2. The van der Waals surface area contributed by atoms with E-state index in [1.165, 1.54) is 4.90 Å². The highest BCUT2D eigenvalue weighted by Gasteiger charge is 2.30. The Morgan fingerprint density at radius 1 is 1.43 bits per heavy atom. The van der Waals surface area contributed by atoms with Crippen molar-refractivity contribution in [3.05, 3.63) is 35.4 Å². The molecule has 9 nitrogen and oxygen atoms in total. The van der Waals surface area contributed by atoms with Gasteiger partial charge in [-0.2, -0.15) is 5.26 Å². The van der Waals surface area contributed by atoms with E-state index >= 15 is 0 Å². The number of rotatable bonds is 7. The summed E-state index contributed by atoms with van der Waals surface area (Å²) in [7, 11) is -1.76. The number of hydrogen-bond donors (Lipinski definition) is 3. The molecular formula is C18H24BN3O6. The minimum atomic E-state index is -1.76. The second-order valence-electron chi connectivity index (χ2n) is 6.60. The Balaban J connectivity index is 1.88. The number of aryl methyl sites for hydroxylation is 1. The van der Waals surface area contributed by atoms with E-state index in [0.29, 0.717) is 13.2 Å². The zero-order chi connectivity index (χ0) is 20.5. The van der Waals surface area contributed by atoms with Crippen molar-refractivity contribution < 1.29 is 29.1 Å². The fourth-order valence-electron chi connectivity index (χ4n) is 2.86. The molecule has 2 rings (SSSR count). The lowest BCUT2D eigenvalue weighted by Crippen LogP contribution is -2.52. The molecule has 0 unspecified atom stereocenters. The Bertz CT molecular complexity index is 706. The third-order valence-corrected chi connectivity index (χ3v) is 4.42. The van der Waals surface area contributed by atoms with Crippen LogP contribution in [-0.4, -0.2) is 72.4 Å². The van der Waals surface area contributed by atoms with Crippen LogP contribution in [0.2, 0.25) is 0 Å². The minimum absolute atomic E-state index is 0.123. The topological polar surface area (TPSA) is 132 Å². The lowest BCUT2D eigenvalue weighted by Gasteiger charge is -2.34. The number of ether oxygens (including phenoxy) is 2. The summed E-state index contributed by atoms with van der Waals surface area (Å²) in [5.41, 5.74) is 1.90. The van der Waals surface area contributed by atoms with Gasteiger partial charge in [-0.1, -0.05) is 29.8 Å². The van der Waals surface area contributed by atoms with Crippen molar-refractivity contribution in [2.45, 2.75) is 31.7 Å². The highest BCUT2D eigenvalue weighted by Crippen LogP contribution is 2.10. The number of morpholine rings is 1. The Hall–Kier alpha value is -2.61. The average Bonchev–Trinajstić information content (AvgIpc) is 2.68. The number of benzene rings is 1. The van der Waals surface area contributed by atoms with E-state index < -0.39 is 25.2 Å². The van der Waals surface area contributed by atoms with Crippen LogP contribution in [0.15, 0.2) is 24.3 Å². The zero-order valence-electron chi connectivity index (χ0n) is 15.7. The number of alkyl carbamates (subject to hydrolysis) is 1. The summed E-state index contributed by atoms with van der Waals surface area (Å²) in [6, 6.07) is 8.79. The summed E-state index contributed by atoms with van der Waals surface area (Å²) in [6.45, 7) is 2.69. The smallest absolute Gasteiger partial charge is 0.447 e. The van der Waals surface area contributed by atoms with Crippen molar-refractivity contribution in [3.8, 4) is 6.07 Å². The zero-order valence-corrected chi connectivity index (χ0v) is 15.7. The van der Waals surface area contributed by atoms with E-state index in [4.69, 9.17) is 14.7 Å². The standard InChI is InChI=1S/C18H24BN3O6/c1-13-2-4-14(5-3-13)10-16(19(25)26)21-18(24)28-12-15-11-27-9-8-22(15)17(23)6-7-20/h2-5,15-16,25-26H,6,8-12H2,1H3,(H,21,24)/t15-,16+/m1/s1. The molecule has 1 aliphatic heterocycles. The number of amides is 2. The third kappa shape index (κ3) is 6.53. The van der Waals surface area contributed by atoms with Gasteiger partial charge in [0.2, 0.25) is 5.91 Å². The summed E-state index contributed by atoms with van der Waals surface area (Å²) in [5.74, 6) is -1.29. The molecule has 1 heterocycles. The second-order valence-corrected chi connectivity index (χ2v) is 6.60. The first kappa shape index (κ1) is 21.7. The molecule has 1 aromatic rings. The highest BCUT2D eigenvalue weighted by molar-refractivity contribution is 6.43. The van der Waals surface area contributed by atoms with E-state index in [9.17, 15) is 19.6 Å². The minimum Gasteiger partial charge on any atom is -0.447 e. The fourth-order valence-corrected chi connectivity index (χ4v) is 2.86. The summed E-state index contributed by atoms with van der Waals surface area (Å²) >= 11 is 0. The van der Waals surface area contributed by atoms with E-state index in [1.807, 2.05) is 37.3 Å². The molecule has 1 fully saturated rings. The molecule has 10 heteroatoms. The predicted molar refractivity (Wildman–Crippen MR) is 99.9 cm³/mol. The molecule has 2 amide bonds. The van der Waals surface area contributed by atoms with Crippen LogP contribution in [0.3, 0.4) is 0 Å². The molecule has 3 N–H and O–H groups in total. The highest BCUT2D eigenvalue weighted by atomic mass is 16.6.